The summed E-state index contributed by atoms with van der Waals surface area (Å²) in [7, 11) is 0. The summed E-state index contributed by atoms with van der Waals surface area (Å²) in [6.07, 6.45) is 3.03. The molecule has 0 aliphatic carbocycles. The van der Waals surface area contributed by atoms with E-state index in [0.29, 0.717) is 11.4 Å². The normalized spacial score (nSPS) is 10.3. The van der Waals surface area contributed by atoms with Gasteiger partial charge in [0, 0.05) is 17.8 Å². The molecule has 2 heterocycles. The predicted molar refractivity (Wildman–Crippen MR) is 76.7 cm³/mol. The molecule has 0 aliphatic rings. The maximum Gasteiger partial charge on any atom is 0.342 e. The number of aromatic nitrogens is 4. The van der Waals surface area contributed by atoms with E-state index in [1.165, 1.54) is 6.20 Å². The summed E-state index contributed by atoms with van der Waals surface area (Å²) in [5, 5.41) is 11.5. The minimum atomic E-state index is -0.0412. The number of hydrogen-bond acceptors (Lipinski definition) is 5. The largest absolute Gasteiger partial charge is 0.404 e. The fraction of sp³-hybridized carbons (Fsp3) is 0. The number of nitrogen functional groups attached to an aromatic ring is 1. The molecule has 7 heteroatoms. The second-order valence-corrected chi connectivity index (χ2v) is 4.21. The Balaban J connectivity index is 1.77. The summed E-state index contributed by atoms with van der Waals surface area (Å²) in [6, 6.07) is 13.1. The van der Waals surface area contributed by atoms with E-state index in [9.17, 15) is 0 Å². The molecule has 3 rings (SSSR count). The first-order chi connectivity index (χ1) is 10.2. The Morgan fingerprint density at radius 1 is 1.10 bits per heavy atom. The van der Waals surface area contributed by atoms with Crippen LogP contribution in [-0.2, 0) is 0 Å². The molecule has 104 valence electrons. The van der Waals surface area contributed by atoms with Crippen LogP contribution in [0, 0.1) is 5.41 Å². The van der Waals surface area contributed by atoms with Gasteiger partial charge >= 0.3 is 6.01 Å². The van der Waals surface area contributed by atoms with Crippen LogP contribution >= 0.6 is 0 Å². The molecule has 0 radical (unpaired) electrons. The highest BCUT2D eigenvalue weighted by molar-refractivity contribution is 5.94. The maximum atomic E-state index is 7.29. The van der Waals surface area contributed by atoms with Crippen molar-refractivity contribution in [3.05, 3.63) is 60.6 Å². The first-order valence-corrected chi connectivity index (χ1v) is 6.18. The number of nitrogens with two attached hydrogens (primary N) is 1. The molecule has 0 saturated carbocycles. The highest BCUT2D eigenvalue weighted by Gasteiger charge is 2.06. The number of hydrogen-bond donors (Lipinski definition) is 2. The lowest BCUT2D eigenvalue weighted by molar-refractivity contribution is 0.424. The highest BCUT2D eigenvalue weighted by atomic mass is 16.5. The molecule has 0 fully saturated rings. The van der Waals surface area contributed by atoms with Crippen molar-refractivity contribution in [2.24, 2.45) is 5.73 Å². The predicted octanol–water partition coefficient (Wildman–Crippen LogP) is 1.74. The van der Waals surface area contributed by atoms with Crippen LogP contribution in [0.25, 0.3) is 5.69 Å². The lowest BCUT2D eigenvalue weighted by Gasteiger charge is -2.01. The number of benzene rings is 1. The zero-order chi connectivity index (χ0) is 14.7. The lowest BCUT2D eigenvalue weighted by atomic mass is 10.3. The maximum absolute atomic E-state index is 7.29. The van der Waals surface area contributed by atoms with Crippen LogP contribution in [0.15, 0.2) is 55.0 Å². The first-order valence-electron chi connectivity index (χ1n) is 6.18. The zero-order valence-corrected chi connectivity index (χ0v) is 11.0. The second-order valence-electron chi connectivity index (χ2n) is 4.21. The molecule has 21 heavy (non-hydrogen) atoms. The van der Waals surface area contributed by atoms with Crippen LogP contribution in [0.4, 0.5) is 0 Å². The van der Waals surface area contributed by atoms with Crippen molar-refractivity contribution >= 4 is 5.84 Å². The fourth-order valence-corrected chi connectivity index (χ4v) is 1.69. The van der Waals surface area contributed by atoms with Crippen molar-refractivity contribution in [1.82, 2.24) is 19.7 Å². The van der Waals surface area contributed by atoms with E-state index in [4.69, 9.17) is 15.9 Å². The van der Waals surface area contributed by atoms with Gasteiger partial charge in [-0.1, -0.05) is 18.2 Å². The van der Waals surface area contributed by atoms with Crippen molar-refractivity contribution in [2.45, 2.75) is 0 Å². The molecule has 3 N–H and O–H groups in total. The molecule has 0 spiro atoms. The van der Waals surface area contributed by atoms with Crippen LogP contribution in [0.5, 0.6) is 11.9 Å². The van der Waals surface area contributed by atoms with E-state index in [1.54, 1.807) is 23.1 Å². The topological polar surface area (TPSA) is 103 Å². The number of ether oxygens (including phenoxy) is 1. The number of nitrogens with zero attached hydrogens (tertiary/aromatic N) is 4. The van der Waals surface area contributed by atoms with Gasteiger partial charge in [-0.3, -0.25) is 5.41 Å². The fourth-order valence-electron chi connectivity index (χ4n) is 1.69. The average molecular weight is 280 g/mol. The van der Waals surface area contributed by atoms with Crippen molar-refractivity contribution in [1.29, 1.82) is 5.41 Å². The van der Waals surface area contributed by atoms with Gasteiger partial charge < -0.3 is 10.5 Å². The Hall–Kier alpha value is -3.22. The Morgan fingerprint density at radius 2 is 1.90 bits per heavy atom. The monoisotopic (exact) mass is 280 g/mol. The lowest BCUT2D eigenvalue weighted by Crippen LogP contribution is -2.11. The van der Waals surface area contributed by atoms with E-state index in [2.05, 4.69) is 15.1 Å². The van der Waals surface area contributed by atoms with Gasteiger partial charge in [0.25, 0.3) is 0 Å². The van der Waals surface area contributed by atoms with E-state index < -0.39 is 0 Å². The first kappa shape index (κ1) is 12.8. The van der Waals surface area contributed by atoms with Gasteiger partial charge in [0.1, 0.15) is 12.2 Å². The van der Waals surface area contributed by atoms with Crippen LogP contribution in [0.1, 0.15) is 5.56 Å². The van der Waals surface area contributed by atoms with E-state index >= 15 is 0 Å². The number of pyridine rings is 1. The molecular formula is C14H12N6O. The number of nitrogens with one attached hydrogen (secondary N) is 1. The minimum Gasteiger partial charge on any atom is -0.404 e. The van der Waals surface area contributed by atoms with Crippen LogP contribution < -0.4 is 10.5 Å². The molecule has 0 unspecified atom stereocenters. The molecule has 0 atom stereocenters. The Labute approximate surface area is 120 Å². The van der Waals surface area contributed by atoms with Crippen molar-refractivity contribution in [3.63, 3.8) is 0 Å². The van der Waals surface area contributed by atoms with Gasteiger partial charge in [0.2, 0.25) is 5.88 Å². The SMILES string of the molecule is N=C(N)c1ccc(Oc2ncn(-c3ccccc3)n2)nc1. The van der Waals surface area contributed by atoms with Gasteiger partial charge in [0.05, 0.1) is 5.69 Å². The third-order valence-electron chi connectivity index (χ3n) is 2.73. The highest BCUT2D eigenvalue weighted by Crippen LogP contribution is 2.16. The molecule has 0 bridgehead atoms. The average Bonchev–Trinajstić information content (AvgIpc) is 2.97. The van der Waals surface area contributed by atoms with Gasteiger partial charge in [-0.25, -0.2) is 9.67 Å². The summed E-state index contributed by atoms with van der Waals surface area (Å²) in [6.45, 7) is 0. The molecular weight excluding hydrogens is 268 g/mol. The van der Waals surface area contributed by atoms with E-state index in [1.807, 2.05) is 30.3 Å². The quantitative estimate of drug-likeness (QED) is 0.559. The van der Waals surface area contributed by atoms with Crippen molar-refractivity contribution in [2.75, 3.05) is 0 Å². The van der Waals surface area contributed by atoms with E-state index in [0.717, 1.165) is 5.69 Å². The van der Waals surface area contributed by atoms with Crippen LogP contribution in [0.2, 0.25) is 0 Å². The summed E-state index contributed by atoms with van der Waals surface area (Å²) in [5.41, 5.74) is 6.78. The third-order valence-corrected chi connectivity index (χ3v) is 2.73. The number of amidine groups is 1. The van der Waals surface area contributed by atoms with Gasteiger partial charge in [-0.05, 0) is 18.2 Å². The summed E-state index contributed by atoms with van der Waals surface area (Å²) < 4.78 is 7.06. The van der Waals surface area contributed by atoms with Gasteiger partial charge in [-0.15, -0.1) is 5.10 Å². The smallest absolute Gasteiger partial charge is 0.342 e. The summed E-state index contributed by atoms with van der Waals surface area (Å²) in [4.78, 5) is 8.11. The third kappa shape index (κ3) is 2.86. The van der Waals surface area contributed by atoms with E-state index in [-0.39, 0.29) is 11.8 Å². The van der Waals surface area contributed by atoms with Gasteiger partial charge in [0.15, 0.2) is 0 Å². The molecule has 0 amide bonds. The molecule has 1 aromatic carbocycles. The summed E-state index contributed by atoms with van der Waals surface area (Å²) in [5.74, 6) is 0.298. The van der Waals surface area contributed by atoms with Crippen molar-refractivity contribution < 1.29 is 4.74 Å². The molecule has 3 aromatic rings. The zero-order valence-electron chi connectivity index (χ0n) is 11.0. The van der Waals surface area contributed by atoms with Crippen molar-refractivity contribution in [3.8, 4) is 17.6 Å². The van der Waals surface area contributed by atoms with Crippen LogP contribution in [-0.4, -0.2) is 25.6 Å². The summed E-state index contributed by atoms with van der Waals surface area (Å²) >= 11 is 0. The standard InChI is InChI=1S/C14H12N6O/c15-13(16)10-6-7-12(17-8-10)21-14-18-9-20(19-14)11-4-2-1-3-5-11/h1-9H,(H3,15,16). The minimum absolute atomic E-state index is 0.0412. The molecule has 0 aliphatic heterocycles. The Morgan fingerprint density at radius 3 is 2.57 bits per heavy atom. The van der Waals surface area contributed by atoms with Gasteiger partial charge in [-0.2, -0.15) is 4.98 Å². The number of para-hydroxylation sites is 1. The number of rotatable bonds is 4. The molecule has 2 aromatic heterocycles. The molecule has 0 saturated heterocycles. The Bertz CT molecular complexity index is 751. The second kappa shape index (κ2) is 5.41. The van der Waals surface area contributed by atoms with Crippen LogP contribution in [0.3, 0.4) is 0 Å². The molecule has 7 nitrogen and oxygen atoms in total. The Kier molecular flexibility index (Phi) is 3.30.